The summed E-state index contributed by atoms with van der Waals surface area (Å²) >= 11 is 0.726. The summed E-state index contributed by atoms with van der Waals surface area (Å²) in [6.07, 6.45) is 22.8. The molecule has 0 nitrogen and oxygen atoms in total. The Bertz CT molecular complexity index is 319. The summed E-state index contributed by atoms with van der Waals surface area (Å²) in [5.74, 6) is 1.92. The Labute approximate surface area is 125 Å². The van der Waals surface area contributed by atoms with Crippen molar-refractivity contribution in [3.05, 3.63) is 21.1 Å². The van der Waals surface area contributed by atoms with Gasteiger partial charge in [0.05, 0.1) is 0 Å². The molecule has 0 saturated carbocycles. The zero-order chi connectivity index (χ0) is 12.9. The SMILES string of the molecule is C1=C2/[Se]/C3=C/CCCCCC[C@H]3[C@@H]2CCCCCC/1. The Morgan fingerprint density at radius 3 is 1.63 bits per heavy atom. The monoisotopic (exact) mass is 324 g/mol. The molecule has 1 heteroatoms. The molecule has 0 spiro atoms. The van der Waals surface area contributed by atoms with E-state index in [9.17, 15) is 0 Å². The minimum atomic E-state index is 0.726. The van der Waals surface area contributed by atoms with E-state index in [0.717, 1.165) is 26.8 Å². The Kier molecular flexibility index (Phi) is 5.24. The first kappa shape index (κ1) is 14.0. The van der Waals surface area contributed by atoms with Crippen LogP contribution in [-0.2, 0) is 0 Å². The average Bonchev–Trinajstić information content (AvgIpc) is 2.81. The molecule has 1 heterocycles. The summed E-state index contributed by atoms with van der Waals surface area (Å²) in [4.78, 5) is 0. The maximum absolute atomic E-state index is 2.66. The summed E-state index contributed by atoms with van der Waals surface area (Å²) < 4.78 is 3.79. The molecule has 0 aromatic rings. The molecule has 0 amide bonds. The van der Waals surface area contributed by atoms with Gasteiger partial charge in [0.25, 0.3) is 0 Å². The van der Waals surface area contributed by atoms with Crippen LogP contribution in [-0.4, -0.2) is 15.0 Å². The van der Waals surface area contributed by atoms with Gasteiger partial charge in [0.2, 0.25) is 0 Å². The molecule has 3 rings (SSSR count). The second kappa shape index (κ2) is 7.14. The van der Waals surface area contributed by atoms with Gasteiger partial charge in [-0.1, -0.05) is 0 Å². The molecule has 0 N–H and O–H groups in total. The van der Waals surface area contributed by atoms with E-state index in [1.54, 1.807) is 0 Å². The average molecular weight is 323 g/mol. The van der Waals surface area contributed by atoms with Crippen molar-refractivity contribution < 1.29 is 0 Å². The van der Waals surface area contributed by atoms with Crippen LogP contribution in [0.25, 0.3) is 0 Å². The molecule has 0 aromatic carbocycles. The third-order valence-corrected chi connectivity index (χ3v) is 8.04. The Morgan fingerprint density at radius 1 is 0.632 bits per heavy atom. The second-order valence-corrected chi connectivity index (χ2v) is 8.92. The van der Waals surface area contributed by atoms with Gasteiger partial charge in [-0.05, 0) is 0 Å². The summed E-state index contributed by atoms with van der Waals surface area (Å²) in [6.45, 7) is 0. The van der Waals surface area contributed by atoms with Crippen molar-refractivity contribution in [1.82, 2.24) is 0 Å². The Morgan fingerprint density at radius 2 is 1.11 bits per heavy atom. The van der Waals surface area contributed by atoms with Crippen LogP contribution >= 0.6 is 0 Å². The van der Waals surface area contributed by atoms with Gasteiger partial charge in [0.1, 0.15) is 0 Å². The number of fused-ring (bicyclic) bond motifs is 3. The van der Waals surface area contributed by atoms with Crippen molar-refractivity contribution in [2.75, 3.05) is 0 Å². The first-order valence-corrected chi connectivity index (χ1v) is 10.2. The molecule has 0 unspecified atom stereocenters. The number of rotatable bonds is 0. The van der Waals surface area contributed by atoms with Crippen LogP contribution in [0.4, 0.5) is 0 Å². The molecule has 1 fully saturated rings. The van der Waals surface area contributed by atoms with E-state index >= 15 is 0 Å². The quantitative estimate of drug-likeness (QED) is 0.523. The van der Waals surface area contributed by atoms with Gasteiger partial charge < -0.3 is 0 Å². The van der Waals surface area contributed by atoms with Crippen molar-refractivity contribution in [3.63, 3.8) is 0 Å². The normalized spacial score (nSPS) is 38.7. The number of hydrogen-bond donors (Lipinski definition) is 0. The third kappa shape index (κ3) is 3.56. The van der Waals surface area contributed by atoms with E-state index < -0.39 is 0 Å². The molecule has 106 valence electrons. The maximum atomic E-state index is 2.66. The number of allylic oxidation sites excluding steroid dienone is 4. The van der Waals surface area contributed by atoms with Gasteiger partial charge in [-0.3, -0.25) is 0 Å². The minimum absolute atomic E-state index is 0.726. The molecule has 2 atom stereocenters. The first-order chi connectivity index (χ1) is 9.45. The van der Waals surface area contributed by atoms with Crippen LogP contribution in [0.3, 0.4) is 0 Å². The fourth-order valence-electron chi connectivity index (χ4n) is 3.97. The van der Waals surface area contributed by atoms with E-state index in [4.69, 9.17) is 0 Å². The Balaban J connectivity index is 1.80. The second-order valence-electron chi connectivity index (χ2n) is 6.51. The van der Waals surface area contributed by atoms with E-state index in [1.807, 2.05) is 8.94 Å². The fourth-order valence-corrected chi connectivity index (χ4v) is 7.20. The summed E-state index contributed by atoms with van der Waals surface area (Å²) in [5, 5.41) is 0. The van der Waals surface area contributed by atoms with Crippen molar-refractivity contribution >= 4 is 15.0 Å². The molecule has 19 heavy (non-hydrogen) atoms. The van der Waals surface area contributed by atoms with Crippen LogP contribution in [0.15, 0.2) is 21.1 Å². The third-order valence-electron chi connectivity index (χ3n) is 5.08. The fraction of sp³-hybridized carbons (Fsp3) is 0.778. The zero-order valence-corrected chi connectivity index (χ0v) is 13.9. The molecule has 2 aliphatic carbocycles. The van der Waals surface area contributed by atoms with E-state index in [-0.39, 0.29) is 0 Å². The zero-order valence-electron chi connectivity index (χ0n) is 12.2. The summed E-state index contributed by atoms with van der Waals surface area (Å²) in [7, 11) is 0. The van der Waals surface area contributed by atoms with E-state index in [1.165, 1.54) is 77.0 Å². The van der Waals surface area contributed by atoms with Crippen molar-refractivity contribution in [1.29, 1.82) is 0 Å². The topological polar surface area (TPSA) is 0 Å². The first-order valence-electron chi connectivity index (χ1n) is 8.53. The Hall–Kier alpha value is -0.000519. The molecular formula is C18H28Se. The molecule has 3 aliphatic rings. The van der Waals surface area contributed by atoms with Gasteiger partial charge in [0.15, 0.2) is 0 Å². The predicted molar refractivity (Wildman–Crippen MR) is 84.3 cm³/mol. The molecule has 0 radical (unpaired) electrons. The summed E-state index contributed by atoms with van der Waals surface area (Å²) in [6, 6.07) is 0. The van der Waals surface area contributed by atoms with Gasteiger partial charge >= 0.3 is 125 Å². The molecule has 0 bridgehead atoms. The van der Waals surface area contributed by atoms with Crippen LogP contribution in [0, 0.1) is 11.8 Å². The van der Waals surface area contributed by atoms with Gasteiger partial charge in [-0.25, -0.2) is 0 Å². The standard InChI is InChI=1S/C18H28Se/c1-3-7-11-15-16-12-8-4-2-6-10-14-18(16)19-17(15)13-9-5-1/h13-16H,1-12H2/b17-13+,18-14+/t15-,16-/m0/s1. The predicted octanol–water partition coefficient (Wildman–Crippen LogP) is 5.41. The van der Waals surface area contributed by atoms with Crippen molar-refractivity contribution in [2.24, 2.45) is 11.8 Å². The van der Waals surface area contributed by atoms with Gasteiger partial charge in [-0.2, -0.15) is 0 Å². The van der Waals surface area contributed by atoms with Gasteiger partial charge in [-0.15, -0.1) is 0 Å². The van der Waals surface area contributed by atoms with E-state index in [0.29, 0.717) is 0 Å². The molecular weight excluding hydrogens is 295 g/mol. The van der Waals surface area contributed by atoms with Crippen LogP contribution < -0.4 is 0 Å². The van der Waals surface area contributed by atoms with Crippen molar-refractivity contribution in [3.8, 4) is 0 Å². The van der Waals surface area contributed by atoms with Crippen LogP contribution in [0.5, 0.6) is 0 Å². The number of hydrogen-bond acceptors (Lipinski definition) is 0. The molecule has 1 saturated heterocycles. The van der Waals surface area contributed by atoms with Crippen molar-refractivity contribution in [2.45, 2.75) is 77.0 Å². The van der Waals surface area contributed by atoms with E-state index in [2.05, 4.69) is 12.2 Å². The van der Waals surface area contributed by atoms with Crippen LogP contribution in [0.2, 0.25) is 0 Å². The molecule has 0 aromatic heterocycles. The summed E-state index contributed by atoms with van der Waals surface area (Å²) in [5.41, 5.74) is 0. The van der Waals surface area contributed by atoms with Gasteiger partial charge in [0, 0.05) is 0 Å². The van der Waals surface area contributed by atoms with Crippen LogP contribution in [0.1, 0.15) is 77.0 Å². The molecule has 1 aliphatic heterocycles.